The number of nitrogens with one attached hydrogen (secondary N) is 1. The molecule has 1 saturated carbocycles. The van der Waals surface area contributed by atoms with E-state index in [2.05, 4.69) is 4.72 Å². The first-order chi connectivity index (χ1) is 16.3. The van der Waals surface area contributed by atoms with Crippen molar-refractivity contribution in [3.63, 3.8) is 0 Å². The number of hydrogen-bond donors (Lipinski definition) is 1. The SMILES string of the molecule is O=S1(=O)CC[C@H]2C3COc4c(F)ccc(F)c4[C@]3(S(=O)(=O)c3ccc(C(F)(F)F)cc3)CC[C@@H]2N1. The van der Waals surface area contributed by atoms with Gasteiger partial charge in [0.25, 0.3) is 0 Å². The van der Waals surface area contributed by atoms with Gasteiger partial charge < -0.3 is 4.74 Å². The Kier molecular flexibility index (Phi) is 5.50. The largest absolute Gasteiger partial charge is 0.490 e. The maximum absolute atomic E-state index is 15.3. The second-order valence-electron chi connectivity index (χ2n) is 9.10. The summed E-state index contributed by atoms with van der Waals surface area (Å²) in [6.45, 7) is -0.323. The predicted octanol–water partition coefficient (Wildman–Crippen LogP) is 3.76. The molecular formula is C22H20F5NO5S2. The summed E-state index contributed by atoms with van der Waals surface area (Å²) in [6.07, 6.45) is -4.89. The highest BCUT2D eigenvalue weighted by molar-refractivity contribution is 7.92. The summed E-state index contributed by atoms with van der Waals surface area (Å²) in [5.41, 5.74) is -1.55. The van der Waals surface area contributed by atoms with Crippen molar-refractivity contribution >= 4 is 19.9 Å². The molecule has 2 fully saturated rings. The number of ether oxygens (including phenoxy) is 1. The highest BCUT2D eigenvalue weighted by Gasteiger charge is 2.63. The molecule has 0 aromatic heterocycles. The first-order valence-electron chi connectivity index (χ1n) is 10.8. The van der Waals surface area contributed by atoms with Crippen LogP contribution in [0.15, 0.2) is 41.3 Å². The fourth-order valence-electron chi connectivity index (χ4n) is 5.84. The molecule has 0 spiro atoms. The number of sulfone groups is 1. The van der Waals surface area contributed by atoms with Crippen LogP contribution in [-0.4, -0.2) is 35.2 Å². The van der Waals surface area contributed by atoms with Gasteiger partial charge in [-0.25, -0.2) is 30.3 Å². The molecule has 2 aromatic rings. The number of hydrogen-bond acceptors (Lipinski definition) is 5. The zero-order valence-electron chi connectivity index (χ0n) is 18.0. The molecule has 13 heteroatoms. The lowest BCUT2D eigenvalue weighted by atomic mass is 9.64. The van der Waals surface area contributed by atoms with Crippen LogP contribution < -0.4 is 9.46 Å². The molecule has 2 aliphatic heterocycles. The Morgan fingerprint density at radius 1 is 1.00 bits per heavy atom. The van der Waals surface area contributed by atoms with Gasteiger partial charge in [0.2, 0.25) is 10.0 Å². The van der Waals surface area contributed by atoms with E-state index in [1.54, 1.807) is 0 Å². The monoisotopic (exact) mass is 537 g/mol. The van der Waals surface area contributed by atoms with Crippen LogP contribution >= 0.6 is 0 Å². The van der Waals surface area contributed by atoms with Gasteiger partial charge in [-0.1, -0.05) is 0 Å². The number of halogens is 5. The van der Waals surface area contributed by atoms with Crippen LogP contribution in [0.1, 0.15) is 30.4 Å². The number of alkyl halides is 3. The third-order valence-corrected chi connectivity index (χ3v) is 11.4. The van der Waals surface area contributed by atoms with Crippen LogP contribution in [0.3, 0.4) is 0 Å². The summed E-state index contributed by atoms with van der Waals surface area (Å²) >= 11 is 0. The Balaban J connectivity index is 1.72. The van der Waals surface area contributed by atoms with Crippen LogP contribution in [0, 0.1) is 23.5 Å². The normalized spacial score (nSPS) is 29.9. The smallest absolute Gasteiger partial charge is 0.416 e. The predicted molar refractivity (Wildman–Crippen MR) is 114 cm³/mol. The molecule has 0 amide bonds. The van der Waals surface area contributed by atoms with Crippen LogP contribution in [0.2, 0.25) is 0 Å². The van der Waals surface area contributed by atoms with Crippen molar-refractivity contribution in [2.75, 3.05) is 12.4 Å². The number of sulfonamides is 1. The Morgan fingerprint density at radius 3 is 2.31 bits per heavy atom. The van der Waals surface area contributed by atoms with E-state index >= 15 is 4.39 Å². The van der Waals surface area contributed by atoms with E-state index in [4.69, 9.17) is 4.74 Å². The van der Waals surface area contributed by atoms with E-state index in [0.717, 1.165) is 24.3 Å². The average molecular weight is 538 g/mol. The Morgan fingerprint density at radius 2 is 1.66 bits per heavy atom. The summed E-state index contributed by atoms with van der Waals surface area (Å²) in [6, 6.07) is 3.85. The maximum Gasteiger partial charge on any atom is 0.416 e. The van der Waals surface area contributed by atoms with E-state index in [-0.39, 0.29) is 31.6 Å². The Bertz CT molecular complexity index is 1390. The fourth-order valence-corrected chi connectivity index (χ4v) is 9.69. The van der Waals surface area contributed by atoms with Gasteiger partial charge in [0, 0.05) is 12.0 Å². The third kappa shape index (κ3) is 3.65. The van der Waals surface area contributed by atoms with Crippen molar-refractivity contribution in [3.05, 3.63) is 59.2 Å². The third-order valence-electron chi connectivity index (χ3n) is 7.37. The molecule has 3 aliphatic rings. The summed E-state index contributed by atoms with van der Waals surface area (Å²) < 4.78 is 128. The maximum atomic E-state index is 15.3. The van der Waals surface area contributed by atoms with E-state index in [0.29, 0.717) is 12.1 Å². The van der Waals surface area contributed by atoms with Crippen LogP contribution in [0.25, 0.3) is 0 Å². The van der Waals surface area contributed by atoms with Gasteiger partial charge in [-0.05, 0) is 61.6 Å². The van der Waals surface area contributed by atoms with Crippen molar-refractivity contribution in [1.29, 1.82) is 0 Å². The zero-order chi connectivity index (χ0) is 25.4. The minimum absolute atomic E-state index is 0.00958. The van der Waals surface area contributed by atoms with Crippen LogP contribution in [0.4, 0.5) is 22.0 Å². The lowest BCUT2D eigenvalue weighted by molar-refractivity contribution is -0.137. The summed E-state index contributed by atoms with van der Waals surface area (Å²) in [7, 11) is -8.18. The summed E-state index contributed by atoms with van der Waals surface area (Å²) in [4.78, 5) is -0.471. The molecule has 1 unspecified atom stereocenters. The van der Waals surface area contributed by atoms with E-state index in [1.807, 2.05) is 0 Å². The average Bonchev–Trinajstić information content (AvgIpc) is 2.79. The molecule has 5 rings (SSSR count). The molecule has 1 N–H and O–H groups in total. The molecule has 35 heavy (non-hydrogen) atoms. The standard InChI is InChI=1S/C22H20F5NO5S2/c23-16-5-6-17(24)20-19(16)21(35(31,32)13-3-1-12(2-4-13)22(25,26)27)9-7-18-14(15(21)11-33-20)8-10-34(29,30)28-18/h1-6,14-15,18,28H,7-11H2/t14-,15?,18-,21-/m0/s1. The minimum atomic E-state index is -4.69. The van der Waals surface area contributed by atoms with Crippen molar-refractivity contribution in [3.8, 4) is 5.75 Å². The highest BCUT2D eigenvalue weighted by atomic mass is 32.2. The van der Waals surface area contributed by atoms with Gasteiger partial charge in [0.1, 0.15) is 10.6 Å². The van der Waals surface area contributed by atoms with Crippen molar-refractivity contribution in [1.82, 2.24) is 4.72 Å². The molecule has 190 valence electrons. The summed E-state index contributed by atoms with van der Waals surface area (Å²) in [5.74, 6) is -4.36. The molecular weight excluding hydrogens is 517 g/mol. The molecule has 0 radical (unpaired) electrons. The van der Waals surface area contributed by atoms with E-state index < -0.39 is 82.1 Å². The molecule has 1 aliphatic carbocycles. The van der Waals surface area contributed by atoms with E-state index in [9.17, 15) is 34.4 Å². The van der Waals surface area contributed by atoms with E-state index in [1.165, 1.54) is 0 Å². The van der Waals surface area contributed by atoms with Gasteiger partial charge in [-0.3, -0.25) is 0 Å². The lowest BCUT2D eigenvalue weighted by Gasteiger charge is -2.54. The fraction of sp³-hybridized carbons (Fsp3) is 0.455. The van der Waals surface area contributed by atoms with Gasteiger partial charge in [-0.15, -0.1) is 0 Å². The Labute approximate surface area is 198 Å². The van der Waals surface area contributed by atoms with Crippen molar-refractivity contribution < 1.29 is 43.5 Å². The Hall–Kier alpha value is -2.25. The number of rotatable bonds is 2. The van der Waals surface area contributed by atoms with Crippen molar-refractivity contribution in [2.45, 2.75) is 41.1 Å². The summed E-state index contributed by atoms with van der Waals surface area (Å²) in [5, 5.41) is 0. The molecule has 1 saturated heterocycles. The molecule has 4 atom stereocenters. The minimum Gasteiger partial charge on any atom is -0.490 e. The van der Waals surface area contributed by atoms with Gasteiger partial charge in [-0.2, -0.15) is 13.2 Å². The number of fused-ring (bicyclic) bond motifs is 5. The first kappa shape index (κ1) is 24.4. The molecule has 6 nitrogen and oxygen atoms in total. The molecule has 2 aromatic carbocycles. The van der Waals surface area contributed by atoms with Gasteiger partial charge in [0.15, 0.2) is 21.4 Å². The van der Waals surface area contributed by atoms with Crippen LogP contribution in [-0.2, 0) is 30.8 Å². The lowest BCUT2D eigenvalue weighted by Crippen LogP contribution is -2.62. The highest BCUT2D eigenvalue weighted by Crippen LogP contribution is 2.59. The quantitative estimate of drug-likeness (QED) is 0.590. The first-order valence-corrected chi connectivity index (χ1v) is 13.9. The number of benzene rings is 2. The zero-order valence-corrected chi connectivity index (χ0v) is 19.6. The van der Waals surface area contributed by atoms with Gasteiger partial charge in [0.05, 0.1) is 28.4 Å². The topological polar surface area (TPSA) is 89.5 Å². The van der Waals surface area contributed by atoms with Gasteiger partial charge >= 0.3 is 6.18 Å². The second-order valence-corrected chi connectivity index (χ2v) is 13.2. The second kappa shape index (κ2) is 7.87. The van der Waals surface area contributed by atoms with Crippen LogP contribution in [0.5, 0.6) is 5.75 Å². The van der Waals surface area contributed by atoms with Crippen molar-refractivity contribution in [2.24, 2.45) is 11.8 Å². The molecule has 2 heterocycles. The molecule has 0 bridgehead atoms.